The minimum atomic E-state index is -5.03. The first-order valence-electron chi connectivity index (χ1n) is 13.2. The summed E-state index contributed by atoms with van der Waals surface area (Å²) in [5.41, 5.74) is -2.39. The van der Waals surface area contributed by atoms with Crippen molar-refractivity contribution in [2.75, 3.05) is 14.2 Å². The van der Waals surface area contributed by atoms with Crippen LogP contribution in [0.5, 0.6) is 0 Å². The van der Waals surface area contributed by atoms with Crippen LogP contribution in [0.4, 0.5) is 22.0 Å². The van der Waals surface area contributed by atoms with Crippen molar-refractivity contribution < 1.29 is 51.2 Å². The lowest BCUT2D eigenvalue weighted by molar-refractivity contribution is -0.230. The Morgan fingerprint density at radius 2 is 1.87 bits per heavy atom. The molecule has 3 aromatic heterocycles. The van der Waals surface area contributed by atoms with Crippen LogP contribution in [0.25, 0.3) is 16.8 Å². The molecule has 1 saturated heterocycles. The summed E-state index contributed by atoms with van der Waals surface area (Å²) in [5, 5.41) is 29.8. The Hall–Kier alpha value is -3.74. The van der Waals surface area contributed by atoms with E-state index in [-0.39, 0.29) is 16.1 Å². The molecule has 4 aromatic rings. The van der Waals surface area contributed by atoms with Gasteiger partial charge in [-0.05, 0) is 25.1 Å². The van der Waals surface area contributed by atoms with Crippen LogP contribution in [0, 0.1) is 11.6 Å². The lowest BCUT2D eigenvalue weighted by Crippen LogP contribution is -2.56. The monoisotopic (exact) mass is 692 g/mol. The van der Waals surface area contributed by atoms with Gasteiger partial charge < -0.3 is 24.4 Å². The third-order valence-electron chi connectivity index (χ3n) is 7.21. The number of nitrogens with zero attached hydrogens (tertiary/aromatic N) is 6. The van der Waals surface area contributed by atoms with E-state index in [1.54, 1.807) is 0 Å². The normalized spacial score (nSPS) is 22.6. The van der Waals surface area contributed by atoms with Gasteiger partial charge in [-0.2, -0.15) is 18.3 Å². The summed E-state index contributed by atoms with van der Waals surface area (Å²) >= 11 is 11.7. The molecule has 0 spiro atoms. The fraction of sp³-hybridized carbons (Fsp3) is 0.370. The van der Waals surface area contributed by atoms with Crippen LogP contribution in [0.15, 0.2) is 36.8 Å². The van der Waals surface area contributed by atoms with Crippen LogP contribution in [0.2, 0.25) is 10.0 Å². The zero-order valence-electron chi connectivity index (χ0n) is 23.8. The fourth-order valence-electron chi connectivity index (χ4n) is 5.14. The minimum Gasteiger partial charge on any atom is -0.463 e. The van der Waals surface area contributed by atoms with E-state index in [1.165, 1.54) is 26.3 Å². The Balaban J connectivity index is 1.68. The second-order valence-corrected chi connectivity index (χ2v) is 10.9. The maximum absolute atomic E-state index is 14.7. The summed E-state index contributed by atoms with van der Waals surface area (Å²) in [6.07, 6.45) is -9.19. The summed E-state index contributed by atoms with van der Waals surface area (Å²) in [7, 11) is 2.23. The van der Waals surface area contributed by atoms with Crippen LogP contribution in [0.1, 0.15) is 41.2 Å². The number of hydrogen-bond donors (Lipinski definition) is 2. The molecule has 1 aliphatic heterocycles. The summed E-state index contributed by atoms with van der Waals surface area (Å²) in [4.78, 5) is 19.8. The average molecular weight is 693 g/mol. The zero-order chi connectivity index (χ0) is 33.7. The summed E-state index contributed by atoms with van der Waals surface area (Å²) in [6, 6.07) is 1.92. The number of alkyl halides is 3. The van der Waals surface area contributed by atoms with Gasteiger partial charge in [-0.3, -0.25) is 4.68 Å². The highest BCUT2D eigenvalue weighted by Crippen LogP contribution is 2.42. The predicted molar refractivity (Wildman–Crippen MR) is 148 cm³/mol. The number of carbonyl (C=O) groups excluding carboxylic acids is 1. The SMILES string of the molecule is COC(=O)c1nc([C@@H]2OC(C(C)O)[C@H](OC)C(n3cc(-c4ccc(Cl)c(F)c4F)cn3)C2O)n(-c2cc(Cl)cnc2C(F)(F)F)n1. The molecule has 0 saturated carbocycles. The van der Waals surface area contributed by atoms with Gasteiger partial charge in [-0.1, -0.05) is 23.2 Å². The maximum atomic E-state index is 14.7. The number of pyridine rings is 1. The molecule has 4 heterocycles. The molecule has 2 N–H and O–H groups in total. The van der Waals surface area contributed by atoms with E-state index >= 15 is 0 Å². The summed E-state index contributed by atoms with van der Waals surface area (Å²) < 4.78 is 89.0. The minimum absolute atomic E-state index is 0.0581. The molecule has 0 radical (unpaired) electrons. The second-order valence-electron chi connectivity index (χ2n) is 10.1. The number of methoxy groups -OCH3 is 2. The molecular weight excluding hydrogens is 670 g/mol. The van der Waals surface area contributed by atoms with Crippen LogP contribution >= 0.6 is 23.2 Å². The van der Waals surface area contributed by atoms with Crippen molar-refractivity contribution in [3.63, 3.8) is 0 Å². The molecule has 4 unspecified atom stereocenters. The first-order valence-corrected chi connectivity index (χ1v) is 13.9. The van der Waals surface area contributed by atoms with Gasteiger partial charge in [0.15, 0.2) is 23.2 Å². The van der Waals surface area contributed by atoms with Gasteiger partial charge in [0.25, 0.3) is 5.82 Å². The van der Waals surface area contributed by atoms with Crippen molar-refractivity contribution >= 4 is 29.2 Å². The topological polar surface area (TPSA) is 147 Å². The fourth-order valence-corrected chi connectivity index (χ4v) is 5.44. The summed E-state index contributed by atoms with van der Waals surface area (Å²) in [6.45, 7) is 1.33. The third-order valence-corrected chi connectivity index (χ3v) is 7.71. The van der Waals surface area contributed by atoms with E-state index in [0.29, 0.717) is 4.68 Å². The largest absolute Gasteiger partial charge is 0.463 e. The quantitative estimate of drug-likeness (QED) is 0.163. The van der Waals surface area contributed by atoms with Gasteiger partial charge in [0, 0.05) is 30.6 Å². The molecule has 1 aliphatic rings. The molecule has 0 aliphatic carbocycles. The maximum Gasteiger partial charge on any atom is 0.435 e. The Labute approximate surface area is 266 Å². The van der Waals surface area contributed by atoms with Gasteiger partial charge in [0.2, 0.25) is 0 Å². The third kappa shape index (κ3) is 6.05. The molecule has 19 heteroatoms. The number of aliphatic hydroxyl groups is 2. The average Bonchev–Trinajstić information content (AvgIpc) is 3.66. The Morgan fingerprint density at radius 1 is 1.15 bits per heavy atom. The van der Waals surface area contributed by atoms with Gasteiger partial charge >= 0.3 is 12.1 Å². The number of hydrogen-bond acceptors (Lipinski definition) is 10. The second kappa shape index (κ2) is 12.8. The number of rotatable bonds is 7. The molecule has 12 nitrogen and oxygen atoms in total. The number of ether oxygens (including phenoxy) is 3. The van der Waals surface area contributed by atoms with E-state index in [1.807, 2.05) is 0 Å². The highest BCUT2D eigenvalue weighted by Gasteiger charge is 2.51. The first kappa shape index (κ1) is 33.6. The molecule has 0 bridgehead atoms. The molecular formula is C27H23Cl2F5N6O6. The smallest absolute Gasteiger partial charge is 0.435 e. The van der Waals surface area contributed by atoms with Crippen LogP contribution in [0.3, 0.4) is 0 Å². The van der Waals surface area contributed by atoms with Crippen molar-refractivity contribution in [1.82, 2.24) is 29.5 Å². The van der Waals surface area contributed by atoms with Gasteiger partial charge in [-0.15, -0.1) is 5.10 Å². The van der Waals surface area contributed by atoms with Crippen LogP contribution in [-0.2, 0) is 20.4 Å². The van der Waals surface area contributed by atoms with Gasteiger partial charge in [0.05, 0.1) is 35.1 Å². The molecule has 5 rings (SSSR count). The predicted octanol–water partition coefficient (Wildman–Crippen LogP) is 4.35. The lowest BCUT2D eigenvalue weighted by Gasteiger charge is -2.44. The highest BCUT2D eigenvalue weighted by molar-refractivity contribution is 6.31. The van der Waals surface area contributed by atoms with Crippen molar-refractivity contribution in [3.8, 4) is 16.8 Å². The van der Waals surface area contributed by atoms with Crippen molar-refractivity contribution in [2.24, 2.45) is 0 Å². The number of aromatic nitrogens is 6. The Kier molecular flexibility index (Phi) is 9.36. The molecule has 1 fully saturated rings. The van der Waals surface area contributed by atoms with E-state index < -0.39 is 88.4 Å². The van der Waals surface area contributed by atoms with Gasteiger partial charge in [-0.25, -0.2) is 28.2 Å². The number of esters is 1. The highest BCUT2D eigenvalue weighted by atomic mass is 35.5. The van der Waals surface area contributed by atoms with E-state index in [2.05, 4.69) is 24.9 Å². The summed E-state index contributed by atoms with van der Waals surface area (Å²) in [5.74, 6) is -4.94. The zero-order valence-corrected chi connectivity index (χ0v) is 25.3. The van der Waals surface area contributed by atoms with E-state index in [9.17, 15) is 37.0 Å². The van der Waals surface area contributed by atoms with Crippen molar-refractivity contribution in [1.29, 1.82) is 0 Å². The number of carbonyl (C=O) groups is 1. The number of aliphatic hydroxyl groups excluding tert-OH is 2. The van der Waals surface area contributed by atoms with E-state index in [0.717, 1.165) is 36.3 Å². The van der Waals surface area contributed by atoms with E-state index in [4.69, 9.17) is 32.7 Å². The molecule has 46 heavy (non-hydrogen) atoms. The molecule has 6 atom stereocenters. The standard InChI is InChI=1S/C27H23Cl2F5N6O6/c1-10(41)20-21(44-2)18(39-9-11(7-36-39)13-4-5-14(29)17(31)16(13)30)19(42)22(46-20)25-37-24(26(43)45-3)38-40(25)15-6-12(28)8-35-23(15)27(32,33)34/h4-10,18-22,41-42H,1-3H3/t10?,18?,19?,20?,21-,22-/m1/s1. The van der Waals surface area contributed by atoms with Crippen molar-refractivity contribution in [2.45, 2.75) is 49.7 Å². The van der Waals surface area contributed by atoms with Crippen LogP contribution in [-0.4, -0.2) is 84.3 Å². The molecule has 246 valence electrons. The lowest BCUT2D eigenvalue weighted by atomic mass is 9.89. The first-order chi connectivity index (χ1) is 21.7. The Morgan fingerprint density at radius 3 is 2.50 bits per heavy atom. The van der Waals surface area contributed by atoms with Crippen LogP contribution < -0.4 is 0 Å². The Bertz CT molecular complexity index is 1770. The molecule has 0 amide bonds. The number of halogens is 7. The molecule has 1 aromatic carbocycles. The number of benzene rings is 1. The van der Waals surface area contributed by atoms with Gasteiger partial charge in [0.1, 0.15) is 30.5 Å². The van der Waals surface area contributed by atoms with Crippen molar-refractivity contribution in [3.05, 3.63) is 75.8 Å².